The quantitative estimate of drug-likeness (QED) is 0.564. The number of sulfonamides is 1. The fraction of sp³-hybridized carbons (Fsp3) is 0.348. The highest BCUT2D eigenvalue weighted by molar-refractivity contribution is 7.89. The Labute approximate surface area is 177 Å². The van der Waals surface area contributed by atoms with Crippen molar-refractivity contribution in [3.63, 3.8) is 0 Å². The van der Waals surface area contributed by atoms with Crippen molar-refractivity contribution in [2.24, 2.45) is 0 Å². The number of aryl methyl sites for hydroxylation is 1. The number of nitrogens with zero attached hydrogens (tertiary/aromatic N) is 2. The highest BCUT2D eigenvalue weighted by Gasteiger charge is 2.27. The van der Waals surface area contributed by atoms with Gasteiger partial charge in [0.1, 0.15) is 6.54 Å². The van der Waals surface area contributed by atoms with Gasteiger partial charge in [0.15, 0.2) is 0 Å². The lowest BCUT2D eigenvalue weighted by atomic mass is 10.1. The first-order valence-electron chi connectivity index (χ1n) is 10.4. The molecule has 1 aliphatic rings. The molecule has 1 aliphatic heterocycles. The van der Waals surface area contributed by atoms with Crippen molar-refractivity contribution >= 4 is 26.8 Å². The van der Waals surface area contributed by atoms with Gasteiger partial charge >= 0.3 is 0 Å². The SMILES string of the molecule is O=C(Cn1ccc2cc(S(=O)(=O)N3CCCC3)ccc21)NCCCc1ccccc1. The molecule has 30 heavy (non-hydrogen) atoms. The molecule has 158 valence electrons. The number of nitrogens with one attached hydrogen (secondary N) is 1. The van der Waals surface area contributed by atoms with Crippen molar-refractivity contribution in [3.05, 3.63) is 66.4 Å². The molecule has 0 bridgehead atoms. The third-order valence-electron chi connectivity index (χ3n) is 5.57. The summed E-state index contributed by atoms with van der Waals surface area (Å²) >= 11 is 0. The van der Waals surface area contributed by atoms with Gasteiger partial charge in [0, 0.05) is 36.7 Å². The Morgan fingerprint density at radius 2 is 1.77 bits per heavy atom. The maximum atomic E-state index is 12.8. The van der Waals surface area contributed by atoms with Crippen LogP contribution in [0.4, 0.5) is 0 Å². The molecule has 1 amide bonds. The second-order valence-electron chi connectivity index (χ2n) is 7.71. The molecule has 0 saturated carbocycles. The summed E-state index contributed by atoms with van der Waals surface area (Å²) < 4.78 is 28.9. The summed E-state index contributed by atoms with van der Waals surface area (Å²) in [7, 11) is -3.44. The molecule has 6 nitrogen and oxygen atoms in total. The van der Waals surface area contributed by atoms with Gasteiger partial charge in [-0.1, -0.05) is 30.3 Å². The van der Waals surface area contributed by atoms with Crippen LogP contribution in [-0.2, 0) is 27.8 Å². The second-order valence-corrected chi connectivity index (χ2v) is 9.65. The zero-order valence-electron chi connectivity index (χ0n) is 17.0. The van der Waals surface area contributed by atoms with E-state index in [1.54, 1.807) is 22.5 Å². The van der Waals surface area contributed by atoms with E-state index < -0.39 is 10.0 Å². The molecule has 1 aromatic heterocycles. The molecule has 1 fully saturated rings. The molecular weight excluding hydrogens is 398 g/mol. The highest BCUT2D eigenvalue weighted by atomic mass is 32.2. The van der Waals surface area contributed by atoms with Crippen LogP contribution in [0.15, 0.2) is 65.7 Å². The van der Waals surface area contributed by atoms with Crippen LogP contribution in [-0.4, -0.2) is 42.8 Å². The summed E-state index contributed by atoms with van der Waals surface area (Å²) in [5.41, 5.74) is 2.12. The average molecular weight is 426 g/mol. The third kappa shape index (κ3) is 4.57. The lowest BCUT2D eigenvalue weighted by Gasteiger charge is -2.15. The fourth-order valence-electron chi connectivity index (χ4n) is 3.93. The summed E-state index contributed by atoms with van der Waals surface area (Å²) in [5, 5.41) is 3.79. The number of aromatic nitrogens is 1. The first kappa shape index (κ1) is 20.6. The largest absolute Gasteiger partial charge is 0.355 e. The summed E-state index contributed by atoms with van der Waals surface area (Å²) in [6, 6.07) is 17.2. The number of hydrogen-bond donors (Lipinski definition) is 1. The van der Waals surface area contributed by atoms with Crippen LogP contribution in [0.3, 0.4) is 0 Å². The van der Waals surface area contributed by atoms with Gasteiger partial charge in [-0.25, -0.2) is 8.42 Å². The summed E-state index contributed by atoms with van der Waals surface area (Å²) in [6.07, 6.45) is 5.48. The van der Waals surface area contributed by atoms with Crippen LogP contribution >= 0.6 is 0 Å². The van der Waals surface area contributed by atoms with Crippen LogP contribution in [0.1, 0.15) is 24.8 Å². The number of carbonyl (C=O) groups excluding carboxylic acids is 1. The maximum Gasteiger partial charge on any atom is 0.243 e. The number of hydrogen-bond acceptors (Lipinski definition) is 3. The van der Waals surface area contributed by atoms with Crippen LogP contribution < -0.4 is 5.32 Å². The number of benzene rings is 2. The van der Waals surface area contributed by atoms with Crippen molar-refractivity contribution in [2.45, 2.75) is 37.1 Å². The van der Waals surface area contributed by atoms with E-state index in [1.807, 2.05) is 35.0 Å². The van der Waals surface area contributed by atoms with E-state index in [1.165, 1.54) is 5.56 Å². The molecule has 4 rings (SSSR count). The molecule has 0 atom stereocenters. The summed E-state index contributed by atoms with van der Waals surface area (Å²) in [5.74, 6) is -0.0469. The van der Waals surface area contributed by atoms with E-state index >= 15 is 0 Å². The monoisotopic (exact) mass is 425 g/mol. The molecule has 0 unspecified atom stereocenters. The van der Waals surface area contributed by atoms with Crippen molar-refractivity contribution in [3.8, 4) is 0 Å². The Morgan fingerprint density at radius 1 is 1.00 bits per heavy atom. The Hall–Kier alpha value is -2.64. The number of carbonyl (C=O) groups is 1. The van der Waals surface area contributed by atoms with E-state index in [-0.39, 0.29) is 12.5 Å². The van der Waals surface area contributed by atoms with Gasteiger partial charge in [-0.15, -0.1) is 0 Å². The van der Waals surface area contributed by atoms with Gasteiger partial charge in [0.25, 0.3) is 0 Å². The van der Waals surface area contributed by atoms with Crippen LogP contribution in [0.5, 0.6) is 0 Å². The molecule has 0 spiro atoms. The maximum absolute atomic E-state index is 12.8. The van der Waals surface area contributed by atoms with Gasteiger partial charge in [-0.2, -0.15) is 4.31 Å². The smallest absolute Gasteiger partial charge is 0.243 e. The van der Waals surface area contributed by atoms with Crippen LogP contribution in [0.2, 0.25) is 0 Å². The lowest BCUT2D eigenvalue weighted by molar-refractivity contribution is -0.121. The Kier molecular flexibility index (Phi) is 6.20. The van der Waals surface area contributed by atoms with Gasteiger partial charge in [-0.05, 0) is 55.5 Å². The van der Waals surface area contributed by atoms with Crippen molar-refractivity contribution < 1.29 is 13.2 Å². The Bertz CT molecular complexity index is 1120. The van der Waals surface area contributed by atoms with E-state index in [4.69, 9.17) is 0 Å². The van der Waals surface area contributed by atoms with E-state index in [2.05, 4.69) is 17.4 Å². The van der Waals surface area contributed by atoms with E-state index in [0.29, 0.717) is 24.5 Å². The lowest BCUT2D eigenvalue weighted by Crippen LogP contribution is -2.28. The molecule has 7 heteroatoms. The first-order chi connectivity index (χ1) is 14.5. The standard InChI is InChI=1S/C23H27N3O3S/c27-23(24-13-6-9-19-7-2-1-3-8-19)18-25-16-12-20-17-21(10-11-22(20)25)30(28,29)26-14-4-5-15-26/h1-3,7-8,10-12,16-17H,4-6,9,13-15,18H2,(H,24,27). The molecule has 2 aromatic carbocycles. The number of fused-ring (bicyclic) bond motifs is 1. The molecule has 1 N–H and O–H groups in total. The predicted molar refractivity (Wildman–Crippen MR) is 118 cm³/mol. The molecule has 0 radical (unpaired) electrons. The zero-order valence-corrected chi connectivity index (χ0v) is 17.8. The minimum absolute atomic E-state index is 0.0469. The van der Waals surface area contributed by atoms with E-state index in [9.17, 15) is 13.2 Å². The molecule has 0 aliphatic carbocycles. The molecule has 1 saturated heterocycles. The minimum atomic E-state index is -3.44. The van der Waals surface area contributed by atoms with Crippen LogP contribution in [0.25, 0.3) is 10.9 Å². The first-order valence-corrected chi connectivity index (χ1v) is 11.9. The van der Waals surface area contributed by atoms with Crippen molar-refractivity contribution in [1.29, 1.82) is 0 Å². The van der Waals surface area contributed by atoms with Gasteiger partial charge in [0.05, 0.1) is 4.90 Å². The van der Waals surface area contributed by atoms with Crippen LogP contribution in [0, 0.1) is 0 Å². The van der Waals surface area contributed by atoms with Gasteiger partial charge in [0.2, 0.25) is 15.9 Å². The summed E-state index contributed by atoms with van der Waals surface area (Å²) in [6.45, 7) is 2.02. The summed E-state index contributed by atoms with van der Waals surface area (Å²) in [4.78, 5) is 12.7. The topological polar surface area (TPSA) is 71.4 Å². The second kappa shape index (κ2) is 9.02. The average Bonchev–Trinajstić information content (AvgIpc) is 3.43. The van der Waals surface area contributed by atoms with Crippen molar-refractivity contribution in [1.82, 2.24) is 14.2 Å². The minimum Gasteiger partial charge on any atom is -0.355 e. The molecular formula is C23H27N3O3S. The molecule has 3 aromatic rings. The van der Waals surface area contributed by atoms with E-state index in [0.717, 1.165) is 36.6 Å². The Balaban J connectivity index is 1.36. The van der Waals surface area contributed by atoms with Crippen molar-refractivity contribution in [2.75, 3.05) is 19.6 Å². The third-order valence-corrected chi connectivity index (χ3v) is 7.46. The molecule has 2 heterocycles. The predicted octanol–water partition coefficient (Wildman–Crippen LogP) is 3.17. The number of rotatable bonds is 8. The highest BCUT2D eigenvalue weighted by Crippen LogP contribution is 2.25. The van der Waals surface area contributed by atoms with Gasteiger partial charge < -0.3 is 9.88 Å². The fourth-order valence-corrected chi connectivity index (χ4v) is 5.48. The normalized spacial score (nSPS) is 14.9. The number of amides is 1. The van der Waals surface area contributed by atoms with Gasteiger partial charge in [-0.3, -0.25) is 4.79 Å². The zero-order chi connectivity index (χ0) is 21.0. The Morgan fingerprint density at radius 3 is 2.53 bits per heavy atom.